The lowest BCUT2D eigenvalue weighted by atomic mass is 10.3. The van der Waals surface area contributed by atoms with Crippen molar-refractivity contribution in [1.29, 1.82) is 0 Å². The van der Waals surface area contributed by atoms with Gasteiger partial charge in [-0.25, -0.2) is 0 Å². The molecule has 5 heteroatoms. The van der Waals surface area contributed by atoms with E-state index in [4.69, 9.17) is 14.8 Å². The Balaban J connectivity index is 0.000000424. The third-order valence-electron chi connectivity index (χ3n) is 1.06. The Morgan fingerprint density at radius 2 is 1.85 bits per heavy atom. The van der Waals surface area contributed by atoms with E-state index in [-0.39, 0.29) is 6.61 Å². The molecule has 1 aromatic rings. The molecule has 0 saturated carbocycles. The molecule has 0 radical (unpaired) electrons. The Morgan fingerprint density at radius 1 is 1.31 bits per heavy atom. The lowest BCUT2D eigenvalue weighted by Gasteiger charge is -1.98. The maximum absolute atomic E-state index is 9.85. The number of aldehydes is 1. The molecule has 0 unspecified atom stereocenters. The van der Waals surface area contributed by atoms with Crippen molar-refractivity contribution in [2.75, 3.05) is 6.61 Å². The normalized spacial score (nSPS) is 7.85. The lowest BCUT2D eigenvalue weighted by molar-refractivity contribution is -0.109. The second-order valence-corrected chi connectivity index (χ2v) is 1.93. The van der Waals surface area contributed by atoms with Crippen LogP contribution in [0.3, 0.4) is 0 Å². The summed E-state index contributed by atoms with van der Waals surface area (Å²) in [5.74, 6) is 0.731. The fourth-order valence-electron chi connectivity index (χ4n) is 0.647. The van der Waals surface area contributed by atoms with Crippen LogP contribution in [0.15, 0.2) is 30.3 Å². The Labute approximate surface area is 77.1 Å². The molecular formula is C8H11BO4. The van der Waals surface area contributed by atoms with Gasteiger partial charge >= 0.3 is 7.69 Å². The fraction of sp³-hybridized carbons (Fsp3) is 0.125. The Bertz CT molecular complexity index is 215. The van der Waals surface area contributed by atoms with Crippen LogP contribution in [0.5, 0.6) is 5.75 Å². The van der Waals surface area contributed by atoms with Gasteiger partial charge in [-0.2, -0.15) is 0 Å². The Kier molecular flexibility index (Phi) is 7.87. The molecule has 4 nitrogen and oxygen atoms in total. The van der Waals surface area contributed by atoms with E-state index < -0.39 is 7.69 Å². The minimum absolute atomic E-state index is 0.129. The van der Waals surface area contributed by atoms with Crippen molar-refractivity contribution in [2.45, 2.75) is 0 Å². The molecule has 0 fully saturated rings. The number of rotatable bonds is 3. The fourth-order valence-corrected chi connectivity index (χ4v) is 0.647. The summed E-state index contributed by atoms with van der Waals surface area (Å²) >= 11 is 0. The van der Waals surface area contributed by atoms with Crippen molar-refractivity contribution < 1.29 is 19.6 Å². The third-order valence-corrected chi connectivity index (χ3v) is 1.06. The van der Waals surface area contributed by atoms with E-state index in [1.54, 1.807) is 0 Å². The van der Waals surface area contributed by atoms with E-state index in [0.29, 0.717) is 0 Å². The van der Waals surface area contributed by atoms with Gasteiger partial charge in [0.1, 0.15) is 12.4 Å². The topological polar surface area (TPSA) is 66.8 Å². The molecule has 13 heavy (non-hydrogen) atoms. The first kappa shape index (κ1) is 11.7. The van der Waals surface area contributed by atoms with E-state index in [1.165, 1.54) is 0 Å². The summed E-state index contributed by atoms with van der Waals surface area (Å²) in [4.78, 5) is 9.85. The zero-order chi connectivity index (χ0) is 9.94. The van der Waals surface area contributed by atoms with Crippen LogP contribution in [0.25, 0.3) is 0 Å². The van der Waals surface area contributed by atoms with Crippen molar-refractivity contribution in [2.24, 2.45) is 0 Å². The molecule has 0 aliphatic rings. The van der Waals surface area contributed by atoms with Gasteiger partial charge in [0, 0.05) is 0 Å². The first-order chi connectivity index (χ1) is 6.35. The van der Waals surface area contributed by atoms with Crippen molar-refractivity contribution in [3.63, 3.8) is 0 Å². The van der Waals surface area contributed by atoms with Crippen LogP contribution in [0.4, 0.5) is 0 Å². The average molecular weight is 182 g/mol. The van der Waals surface area contributed by atoms with E-state index in [0.717, 1.165) is 12.0 Å². The van der Waals surface area contributed by atoms with E-state index >= 15 is 0 Å². The molecule has 0 aliphatic carbocycles. The molecule has 0 heterocycles. The van der Waals surface area contributed by atoms with E-state index in [1.807, 2.05) is 30.3 Å². The van der Waals surface area contributed by atoms with Gasteiger partial charge in [0.05, 0.1) is 0 Å². The van der Waals surface area contributed by atoms with Crippen LogP contribution in [-0.4, -0.2) is 30.6 Å². The smallest absolute Gasteiger partial charge is 0.432 e. The molecular weight excluding hydrogens is 171 g/mol. The zero-order valence-corrected chi connectivity index (χ0v) is 7.09. The van der Waals surface area contributed by atoms with Gasteiger partial charge in [-0.15, -0.1) is 0 Å². The zero-order valence-electron chi connectivity index (χ0n) is 7.09. The number of para-hydroxylation sites is 1. The third kappa shape index (κ3) is 7.05. The maximum Gasteiger partial charge on any atom is 0.432 e. The van der Waals surface area contributed by atoms with Gasteiger partial charge in [-0.05, 0) is 12.1 Å². The predicted octanol–water partition coefficient (Wildman–Crippen LogP) is -0.498. The van der Waals surface area contributed by atoms with Crippen LogP contribution in [0.1, 0.15) is 0 Å². The summed E-state index contributed by atoms with van der Waals surface area (Å²) < 4.78 is 4.99. The summed E-state index contributed by atoms with van der Waals surface area (Å²) in [7, 11) is -0.750. The van der Waals surface area contributed by atoms with Crippen molar-refractivity contribution in [3.05, 3.63) is 30.3 Å². The SMILES string of the molecule is O=CCOc1ccccc1.OBO. The number of benzene rings is 1. The first-order valence-electron chi connectivity index (χ1n) is 3.68. The highest BCUT2D eigenvalue weighted by Gasteiger charge is 1.86. The summed E-state index contributed by atoms with van der Waals surface area (Å²) in [5.41, 5.74) is 0. The second kappa shape index (κ2) is 8.77. The molecule has 0 aliphatic heterocycles. The molecule has 1 aromatic carbocycles. The van der Waals surface area contributed by atoms with Crippen molar-refractivity contribution >= 4 is 14.0 Å². The van der Waals surface area contributed by atoms with Gasteiger partial charge in [0.15, 0.2) is 6.29 Å². The molecule has 0 bridgehead atoms. The number of hydrogen-bond donors (Lipinski definition) is 2. The van der Waals surface area contributed by atoms with Crippen molar-refractivity contribution in [1.82, 2.24) is 0 Å². The summed E-state index contributed by atoms with van der Waals surface area (Å²) in [6, 6.07) is 9.24. The molecule has 0 saturated heterocycles. The molecule has 1 rings (SSSR count). The van der Waals surface area contributed by atoms with Crippen molar-refractivity contribution in [3.8, 4) is 5.75 Å². The van der Waals surface area contributed by atoms with E-state index in [9.17, 15) is 4.79 Å². The maximum atomic E-state index is 9.85. The van der Waals surface area contributed by atoms with Crippen LogP contribution in [0.2, 0.25) is 0 Å². The molecule has 0 aromatic heterocycles. The quantitative estimate of drug-likeness (QED) is 0.488. The standard InChI is InChI=1S/C8H8O2.BH3O2/c9-6-7-10-8-4-2-1-3-5-8;2-1-3/h1-6H,7H2;1-3H. The average Bonchev–Trinajstić information content (AvgIpc) is 2.18. The summed E-state index contributed by atoms with van der Waals surface area (Å²) in [6.07, 6.45) is 0.729. The van der Waals surface area contributed by atoms with Gasteiger partial charge in [-0.3, -0.25) is 4.79 Å². The van der Waals surface area contributed by atoms with Crippen LogP contribution in [0, 0.1) is 0 Å². The summed E-state index contributed by atoms with van der Waals surface area (Å²) in [6.45, 7) is 0.129. The number of carbonyl (C=O) groups is 1. The number of ether oxygens (including phenoxy) is 1. The van der Waals surface area contributed by atoms with Crippen LogP contribution < -0.4 is 4.74 Å². The molecule has 0 spiro atoms. The number of hydrogen-bond acceptors (Lipinski definition) is 4. The Hall–Kier alpha value is -1.33. The largest absolute Gasteiger partial charge is 0.486 e. The highest BCUT2D eigenvalue weighted by atomic mass is 16.5. The van der Waals surface area contributed by atoms with Gasteiger partial charge in [-0.1, -0.05) is 18.2 Å². The first-order valence-corrected chi connectivity index (χ1v) is 3.68. The summed E-state index contributed by atoms with van der Waals surface area (Å²) in [5, 5.41) is 14.2. The molecule has 0 atom stereocenters. The Morgan fingerprint density at radius 3 is 2.31 bits per heavy atom. The second-order valence-electron chi connectivity index (χ2n) is 1.93. The lowest BCUT2D eigenvalue weighted by Crippen LogP contribution is -1.96. The monoisotopic (exact) mass is 182 g/mol. The predicted molar refractivity (Wildman–Crippen MR) is 49.6 cm³/mol. The molecule has 0 amide bonds. The minimum atomic E-state index is -0.750. The van der Waals surface area contributed by atoms with Gasteiger partial charge < -0.3 is 14.8 Å². The van der Waals surface area contributed by atoms with Crippen LogP contribution >= 0.6 is 0 Å². The van der Waals surface area contributed by atoms with Gasteiger partial charge in [0.2, 0.25) is 0 Å². The van der Waals surface area contributed by atoms with E-state index in [2.05, 4.69) is 0 Å². The highest BCUT2D eigenvalue weighted by Crippen LogP contribution is 2.06. The number of carbonyl (C=O) groups excluding carboxylic acids is 1. The molecule has 2 N–H and O–H groups in total. The molecule has 70 valence electrons. The highest BCUT2D eigenvalue weighted by molar-refractivity contribution is 6.13. The minimum Gasteiger partial charge on any atom is -0.486 e. The van der Waals surface area contributed by atoms with Gasteiger partial charge in [0.25, 0.3) is 0 Å². The van der Waals surface area contributed by atoms with Crippen LogP contribution in [-0.2, 0) is 4.79 Å².